The monoisotopic (exact) mass is 528 g/mol. The summed E-state index contributed by atoms with van der Waals surface area (Å²) in [7, 11) is 0. The number of carbonyl (C=O) groups is 1. The maximum atomic E-state index is 13.2. The number of amides is 2. The van der Waals surface area contributed by atoms with Gasteiger partial charge >= 0.3 is 6.03 Å². The van der Waals surface area contributed by atoms with E-state index in [1.165, 1.54) is 10.3 Å². The van der Waals surface area contributed by atoms with Crippen LogP contribution in [-0.4, -0.2) is 48.6 Å². The second-order valence-electron chi connectivity index (χ2n) is 9.98. The van der Waals surface area contributed by atoms with Crippen LogP contribution >= 0.6 is 34.5 Å². The SMILES string of the molecule is CC(C)CNC(=O)N1CC2(CCN(C/C=C/c3ccc(Cl)c(Cl)c3)CC2)c2c1ccc1scnc21. The largest absolute Gasteiger partial charge is 0.337 e. The number of benzene rings is 2. The van der Waals surface area contributed by atoms with Gasteiger partial charge in [-0.3, -0.25) is 9.80 Å². The summed E-state index contributed by atoms with van der Waals surface area (Å²) in [6, 6.07) is 9.91. The average molecular weight is 530 g/mol. The quantitative estimate of drug-likeness (QED) is 0.394. The molecule has 5 rings (SSSR count). The van der Waals surface area contributed by atoms with Gasteiger partial charge in [-0.1, -0.05) is 55.3 Å². The van der Waals surface area contributed by atoms with Crippen LogP contribution in [0.1, 0.15) is 37.8 Å². The molecular formula is C27H30Cl2N4OS. The molecule has 1 aromatic heterocycles. The molecule has 0 radical (unpaired) electrons. The van der Waals surface area contributed by atoms with Gasteiger partial charge in [0.15, 0.2) is 0 Å². The molecule has 2 aliphatic heterocycles. The fourth-order valence-electron chi connectivity index (χ4n) is 5.23. The van der Waals surface area contributed by atoms with Crippen molar-refractivity contribution in [2.24, 2.45) is 5.92 Å². The molecule has 0 saturated carbocycles. The molecule has 5 nitrogen and oxygen atoms in total. The number of thiazole rings is 1. The smallest absolute Gasteiger partial charge is 0.321 e. The van der Waals surface area contributed by atoms with Crippen molar-refractivity contribution in [3.05, 3.63) is 63.1 Å². The molecule has 1 N–H and O–H groups in total. The van der Waals surface area contributed by atoms with E-state index in [1.54, 1.807) is 11.3 Å². The number of rotatable bonds is 5. The van der Waals surface area contributed by atoms with Crippen molar-refractivity contribution in [3.8, 4) is 0 Å². The summed E-state index contributed by atoms with van der Waals surface area (Å²) in [5.74, 6) is 0.413. The third kappa shape index (κ3) is 4.94. The van der Waals surface area contributed by atoms with Crippen LogP contribution in [0.3, 0.4) is 0 Å². The van der Waals surface area contributed by atoms with Gasteiger partial charge in [-0.15, -0.1) is 11.3 Å². The van der Waals surface area contributed by atoms with E-state index >= 15 is 0 Å². The van der Waals surface area contributed by atoms with Crippen molar-refractivity contribution >= 4 is 62.5 Å². The molecule has 1 spiro atoms. The van der Waals surface area contributed by atoms with Crippen LogP contribution in [0.15, 0.2) is 41.9 Å². The van der Waals surface area contributed by atoms with Crippen molar-refractivity contribution < 1.29 is 4.79 Å². The van der Waals surface area contributed by atoms with Crippen molar-refractivity contribution in [1.82, 2.24) is 15.2 Å². The maximum absolute atomic E-state index is 13.2. The fraction of sp³-hybridized carbons (Fsp3) is 0.407. The Balaban J connectivity index is 1.32. The number of anilines is 1. The number of halogens is 2. The first-order valence-corrected chi connectivity index (χ1v) is 13.8. The van der Waals surface area contributed by atoms with Gasteiger partial charge in [0.05, 0.1) is 31.5 Å². The third-order valence-electron chi connectivity index (χ3n) is 7.10. The highest BCUT2D eigenvalue weighted by molar-refractivity contribution is 7.16. The topological polar surface area (TPSA) is 48.5 Å². The number of hydrogen-bond acceptors (Lipinski definition) is 4. The normalized spacial score (nSPS) is 17.7. The van der Waals surface area contributed by atoms with E-state index in [4.69, 9.17) is 28.2 Å². The van der Waals surface area contributed by atoms with E-state index in [1.807, 2.05) is 28.6 Å². The highest BCUT2D eigenvalue weighted by atomic mass is 35.5. The first kappa shape index (κ1) is 24.6. The van der Waals surface area contributed by atoms with Gasteiger partial charge in [0, 0.05) is 30.6 Å². The summed E-state index contributed by atoms with van der Waals surface area (Å²) in [5.41, 5.74) is 6.27. The molecule has 3 heterocycles. The minimum atomic E-state index is -0.0536. The standard InChI is InChI=1S/C27H30Cl2N4OS/c1-18(2)15-30-26(34)33-16-27(24-22(33)7-8-23-25(24)31-17-35-23)9-12-32(13-10-27)11-3-4-19-5-6-20(28)21(29)14-19/h3-8,14,17-18H,9-13,15-16H2,1-2H3,(H,30,34)/b4-3+. The molecular weight excluding hydrogens is 499 g/mol. The molecule has 0 bridgehead atoms. The van der Waals surface area contributed by atoms with Crippen LogP contribution in [0, 0.1) is 5.92 Å². The number of nitrogens with one attached hydrogen (secondary N) is 1. The molecule has 3 aromatic rings. The summed E-state index contributed by atoms with van der Waals surface area (Å²) in [6.45, 7) is 8.46. The lowest BCUT2D eigenvalue weighted by atomic mass is 9.74. The molecule has 2 aliphatic rings. The number of hydrogen-bond donors (Lipinski definition) is 1. The van der Waals surface area contributed by atoms with E-state index < -0.39 is 0 Å². The lowest BCUT2D eigenvalue weighted by Gasteiger charge is -2.39. The van der Waals surface area contributed by atoms with Crippen molar-refractivity contribution in [2.45, 2.75) is 32.1 Å². The Bertz CT molecular complexity index is 1260. The third-order valence-corrected chi connectivity index (χ3v) is 8.63. The van der Waals surface area contributed by atoms with Gasteiger partial charge in [0.25, 0.3) is 0 Å². The number of fused-ring (bicyclic) bond motifs is 4. The molecule has 2 amide bonds. The lowest BCUT2D eigenvalue weighted by Crippen LogP contribution is -2.48. The number of likely N-dealkylation sites (tertiary alicyclic amines) is 1. The maximum Gasteiger partial charge on any atom is 0.321 e. The van der Waals surface area contributed by atoms with Crippen LogP contribution in [-0.2, 0) is 5.41 Å². The summed E-state index contributed by atoms with van der Waals surface area (Å²) < 4.78 is 1.19. The van der Waals surface area contributed by atoms with E-state index in [0.29, 0.717) is 22.5 Å². The number of piperidine rings is 1. The number of carbonyl (C=O) groups excluding carboxylic acids is 1. The Morgan fingerprint density at radius 3 is 2.74 bits per heavy atom. The highest BCUT2D eigenvalue weighted by Crippen LogP contribution is 2.50. The molecule has 8 heteroatoms. The van der Waals surface area contributed by atoms with Crippen LogP contribution in [0.4, 0.5) is 10.5 Å². The Labute approximate surface area is 220 Å². The van der Waals surface area contributed by atoms with Gasteiger partial charge < -0.3 is 5.32 Å². The zero-order valence-corrected chi connectivity index (χ0v) is 22.4. The molecule has 1 fully saturated rings. The van der Waals surface area contributed by atoms with E-state index in [0.717, 1.165) is 55.8 Å². The first-order valence-electron chi connectivity index (χ1n) is 12.1. The molecule has 0 atom stereocenters. The van der Waals surface area contributed by atoms with Gasteiger partial charge in [0.1, 0.15) is 0 Å². The minimum Gasteiger partial charge on any atom is -0.337 e. The molecule has 1 saturated heterocycles. The number of nitrogens with zero attached hydrogens (tertiary/aromatic N) is 3. The first-order chi connectivity index (χ1) is 16.9. The van der Waals surface area contributed by atoms with Crippen molar-refractivity contribution in [1.29, 1.82) is 0 Å². The average Bonchev–Trinajstić information content (AvgIpc) is 3.44. The van der Waals surface area contributed by atoms with Gasteiger partial charge in [-0.25, -0.2) is 9.78 Å². The Morgan fingerprint density at radius 1 is 1.20 bits per heavy atom. The van der Waals surface area contributed by atoms with Crippen molar-refractivity contribution in [3.63, 3.8) is 0 Å². The Hall–Kier alpha value is -2.12. The highest BCUT2D eigenvalue weighted by Gasteiger charge is 2.47. The molecule has 2 aromatic carbocycles. The van der Waals surface area contributed by atoms with Gasteiger partial charge in [-0.05, 0) is 61.7 Å². The summed E-state index contributed by atoms with van der Waals surface area (Å²) in [5, 5.41) is 4.27. The number of aromatic nitrogens is 1. The van der Waals surface area contributed by atoms with Crippen LogP contribution < -0.4 is 10.2 Å². The zero-order valence-electron chi connectivity index (χ0n) is 20.1. The summed E-state index contributed by atoms with van der Waals surface area (Å²) in [6.07, 6.45) is 6.29. The van der Waals surface area contributed by atoms with Gasteiger partial charge in [0.2, 0.25) is 0 Å². The summed E-state index contributed by atoms with van der Waals surface area (Å²) >= 11 is 13.8. The van der Waals surface area contributed by atoms with Crippen LogP contribution in [0.2, 0.25) is 10.0 Å². The summed E-state index contributed by atoms with van der Waals surface area (Å²) in [4.78, 5) is 22.3. The number of urea groups is 1. The van der Waals surface area contributed by atoms with Crippen molar-refractivity contribution in [2.75, 3.05) is 37.6 Å². The molecule has 0 unspecified atom stereocenters. The second kappa shape index (κ2) is 10.1. The Morgan fingerprint density at radius 2 is 2.00 bits per heavy atom. The van der Waals surface area contributed by atoms with Crippen LogP contribution in [0.25, 0.3) is 16.3 Å². The molecule has 35 heavy (non-hydrogen) atoms. The molecule has 0 aliphatic carbocycles. The predicted octanol–water partition coefficient (Wildman–Crippen LogP) is 6.84. The van der Waals surface area contributed by atoms with E-state index in [2.05, 4.69) is 48.3 Å². The minimum absolute atomic E-state index is 0.00149. The van der Waals surface area contributed by atoms with Crippen LogP contribution in [0.5, 0.6) is 0 Å². The molecule has 184 valence electrons. The van der Waals surface area contributed by atoms with Gasteiger partial charge in [-0.2, -0.15) is 0 Å². The van der Waals surface area contributed by atoms with E-state index in [9.17, 15) is 4.79 Å². The lowest BCUT2D eigenvalue weighted by molar-refractivity contribution is 0.180. The second-order valence-corrected chi connectivity index (χ2v) is 11.7. The Kier molecular flexibility index (Phi) is 7.09. The predicted molar refractivity (Wildman–Crippen MR) is 148 cm³/mol. The zero-order chi connectivity index (χ0) is 24.6. The van der Waals surface area contributed by atoms with E-state index in [-0.39, 0.29) is 11.4 Å². The fourth-order valence-corrected chi connectivity index (χ4v) is 6.22.